The first-order valence-electron chi connectivity index (χ1n) is 9.97. The van der Waals surface area contributed by atoms with Crippen molar-refractivity contribution in [2.24, 2.45) is 0 Å². The first-order chi connectivity index (χ1) is 16.1. The van der Waals surface area contributed by atoms with E-state index in [9.17, 15) is 4.39 Å². The van der Waals surface area contributed by atoms with E-state index in [2.05, 4.69) is 27.3 Å². The van der Waals surface area contributed by atoms with Gasteiger partial charge in [-0.2, -0.15) is 16.3 Å². The van der Waals surface area contributed by atoms with Gasteiger partial charge in [-0.05, 0) is 49.1 Å². The van der Waals surface area contributed by atoms with E-state index in [0.29, 0.717) is 0 Å². The Hall–Kier alpha value is -3.92. The Kier molecular flexibility index (Phi) is 10.0. The minimum absolute atomic E-state index is 0. The summed E-state index contributed by atoms with van der Waals surface area (Å²) in [4.78, 5) is 4.12. The maximum absolute atomic E-state index is 12.6. The Balaban J connectivity index is 0.000000227. The normalized spacial score (nSPS) is 9.56. The molecule has 0 unspecified atom stereocenters. The van der Waals surface area contributed by atoms with Gasteiger partial charge in [0.15, 0.2) is 0 Å². The summed E-state index contributed by atoms with van der Waals surface area (Å²) in [5.74, 6) is -0.278. The number of rotatable bonds is 3. The summed E-state index contributed by atoms with van der Waals surface area (Å²) in [6.07, 6.45) is 5.56. The van der Waals surface area contributed by atoms with Gasteiger partial charge in [0.05, 0.1) is 11.4 Å². The molecule has 6 nitrogen and oxygen atoms in total. The van der Waals surface area contributed by atoms with Crippen LogP contribution in [0.15, 0.2) is 85.3 Å². The van der Waals surface area contributed by atoms with E-state index in [1.807, 2.05) is 84.1 Å². The molecule has 0 aliphatic rings. The van der Waals surface area contributed by atoms with Crippen molar-refractivity contribution in [1.82, 2.24) is 24.5 Å². The van der Waals surface area contributed by atoms with Crippen molar-refractivity contribution in [2.75, 3.05) is 0 Å². The molecule has 0 radical (unpaired) electrons. The molecule has 0 aliphatic carbocycles. The van der Waals surface area contributed by atoms with Crippen LogP contribution in [0.3, 0.4) is 0 Å². The Morgan fingerprint density at radius 1 is 0.824 bits per heavy atom. The third-order valence-electron chi connectivity index (χ3n) is 4.42. The predicted molar refractivity (Wildman–Crippen MR) is 122 cm³/mol. The van der Waals surface area contributed by atoms with Gasteiger partial charge >= 0.3 is 20.1 Å². The summed E-state index contributed by atoms with van der Waals surface area (Å²) in [5.41, 5.74) is 5.42. The van der Waals surface area contributed by atoms with Gasteiger partial charge in [-0.1, -0.05) is 12.1 Å². The van der Waals surface area contributed by atoms with Crippen molar-refractivity contribution in [3.8, 4) is 22.6 Å². The van der Waals surface area contributed by atoms with Crippen LogP contribution in [0.1, 0.15) is 11.4 Å². The second kappa shape index (κ2) is 12.9. The predicted octanol–water partition coefficient (Wildman–Crippen LogP) is 5.26. The first kappa shape index (κ1) is 26.3. The van der Waals surface area contributed by atoms with Gasteiger partial charge < -0.3 is 16.8 Å². The third-order valence-corrected chi connectivity index (χ3v) is 4.42. The molecule has 0 amide bonds. The summed E-state index contributed by atoms with van der Waals surface area (Å²) in [7, 11) is 0. The summed E-state index contributed by atoms with van der Waals surface area (Å²) in [6, 6.07) is 26.0. The van der Waals surface area contributed by atoms with Gasteiger partial charge in [0, 0.05) is 24.4 Å². The van der Waals surface area contributed by atoms with Crippen LogP contribution >= 0.6 is 0 Å². The fraction of sp³-hybridized carbons (Fsp3) is 0.0769. The van der Waals surface area contributed by atoms with E-state index in [4.69, 9.17) is 11.8 Å². The molecule has 3 heterocycles. The quantitative estimate of drug-likeness (QED) is 0.256. The molecular formula is C26H20FIrN6. The molecule has 0 atom stereocenters. The van der Waals surface area contributed by atoms with Crippen LogP contribution in [0.5, 0.6) is 0 Å². The SMILES string of the molecule is Cc1ccn(-c2[c-]c(-n3ccc(C)n3)ccc2)n1.Fc1c[c-]c(-c2ccccn2)cc1.[C-]#N.[Ir+3]. The largest absolute Gasteiger partial charge is 3.00 e. The van der Waals surface area contributed by atoms with Gasteiger partial charge in [0.25, 0.3) is 0 Å². The fourth-order valence-electron chi connectivity index (χ4n) is 2.90. The molecule has 0 saturated carbocycles. The maximum Gasteiger partial charge on any atom is 3.00 e. The number of benzene rings is 2. The average Bonchev–Trinajstić information content (AvgIpc) is 3.50. The van der Waals surface area contributed by atoms with Crippen LogP contribution in [0.25, 0.3) is 22.6 Å². The van der Waals surface area contributed by atoms with Crippen molar-refractivity contribution in [1.29, 1.82) is 5.26 Å². The first-order valence-corrected chi connectivity index (χ1v) is 9.97. The zero-order valence-corrected chi connectivity index (χ0v) is 20.9. The molecule has 170 valence electrons. The van der Waals surface area contributed by atoms with Crippen LogP contribution < -0.4 is 0 Å². The van der Waals surface area contributed by atoms with Crippen molar-refractivity contribution >= 4 is 0 Å². The fourth-order valence-corrected chi connectivity index (χ4v) is 2.90. The number of pyridine rings is 1. The van der Waals surface area contributed by atoms with Crippen molar-refractivity contribution in [3.63, 3.8) is 0 Å². The molecule has 34 heavy (non-hydrogen) atoms. The Morgan fingerprint density at radius 3 is 1.88 bits per heavy atom. The number of halogens is 1. The monoisotopic (exact) mass is 628 g/mol. The molecule has 2 aromatic carbocycles. The molecular weight excluding hydrogens is 608 g/mol. The molecule has 0 fully saturated rings. The van der Waals surface area contributed by atoms with Gasteiger partial charge in [0.2, 0.25) is 0 Å². The molecule has 5 rings (SSSR count). The van der Waals surface area contributed by atoms with Crippen LogP contribution in [0.4, 0.5) is 4.39 Å². The second-order valence-electron chi connectivity index (χ2n) is 6.86. The van der Waals surface area contributed by atoms with Crippen LogP contribution in [-0.4, -0.2) is 24.5 Å². The number of hydrogen-bond donors (Lipinski definition) is 0. The average molecular weight is 628 g/mol. The summed E-state index contributed by atoms with van der Waals surface area (Å²) in [5, 5.41) is 15.0. The van der Waals surface area contributed by atoms with E-state index in [1.165, 1.54) is 12.1 Å². The minimum atomic E-state index is -0.278. The Labute approximate surface area is 211 Å². The Bertz CT molecular complexity index is 1250. The molecule has 0 aliphatic heterocycles. The van der Waals surface area contributed by atoms with Gasteiger partial charge in [0.1, 0.15) is 0 Å². The molecule has 8 heteroatoms. The number of hydrogen-bond acceptors (Lipinski definition) is 4. The van der Waals surface area contributed by atoms with E-state index in [0.717, 1.165) is 34.0 Å². The summed E-state index contributed by atoms with van der Waals surface area (Å²) in [6.45, 7) is 8.69. The Morgan fingerprint density at radius 2 is 1.44 bits per heavy atom. The summed E-state index contributed by atoms with van der Waals surface area (Å²) >= 11 is 0. The van der Waals surface area contributed by atoms with Crippen molar-refractivity contribution in [3.05, 3.63) is 121 Å². The van der Waals surface area contributed by atoms with Crippen LogP contribution in [-0.2, 0) is 20.1 Å². The van der Waals surface area contributed by atoms with E-state index in [1.54, 1.807) is 12.3 Å². The van der Waals surface area contributed by atoms with Gasteiger partial charge in [-0.25, -0.2) is 0 Å². The topological polar surface area (TPSA) is 72.3 Å². The van der Waals surface area contributed by atoms with Crippen LogP contribution in [0.2, 0.25) is 0 Å². The van der Waals surface area contributed by atoms with Crippen LogP contribution in [0, 0.1) is 43.6 Å². The molecule has 5 aromatic rings. The van der Waals surface area contributed by atoms with E-state index >= 15 is 0 Å². The van der Waals surface area contributed by atoms with E-state index in [-0.39, 0.29) is 25.9 Å². The maximum atomic E-state index is 12.6. The second-order valence-corrected chi connectivity index (χ2v) is 6.86. The number of nitrogens with zero attached hydrogens (tertiary/aromatic N) is 6. The third kappa shape index (κ3) is 7.04. The molecule has 0 N–H and O–H groups in total. The van der Waals surface area contributed by atoms with Gasteiger partial charge in [-0.15, -0.1) is 48.0 Å². The van der Waals surface area contributed by atoms with Crippen molar-refractivity contribution in [2.45, 2.75) is 13.8 Å². The van der Waals surface area contributed by atoms with Gasteiger partial charge in [-0.3, -0.25) is 13.8 Å². The number of aryl methyl sites for hydroxylation is 2. The minimum Gasteiger partial charge on any atom is -0.512 e. The standard InChI is InChI=1S/C14H13N4.C11H7FN.CN.Ir/c1-11-6-8-17(15-11)13-4-3-5-14(10-13)18-9-7-12(2)16-18;12-10-6-4-9(5-7-10)11-3-1-2-8-13-11;1-2;/h3-9H,1-2H3;1-4,6-8H;;/q3*-1;+3. The zero-order valence-electron chi connectivity index (χ0n) is 18.5. The smallest absolute Gasteiger partial charge is 0.512 e. The molecule has 3 aromatic heterocycles. The summed E-state index contributed by atoms with van der Waals surface area (Å²) < 4.78 is 16.2. The zero-order chi connectivity index (χ0) is 23.6. The molecule has 0 spiro atoms. The number of aromatic nitrogens is 5. The molecule has 0 saturated heterocycles. The van der Waals surface area contributed by atoms with Crippen molar-refractivity contribution < 1.29 is 24.5 Å². The molecule has 0 bridgehead atoms. The van der Waals surface area contributed by atoms with E-state index < -0.39 is 0 Å².